The van der Waals surface area contributed by atoms with Gasteiger partial charge >= 0.3 is 0 Å². The largest absolute Gasteiger partial charge is 0.353 e. The third kappa shape index (κ3) is 9.71. The number of rotatable bonds is 6. The van der Waals surface area contributed by atoms with Crippen molar-refractivity contribution in [3.05, 3.63) is 12.2 Å². The number of amides is 1. The van der Waals surface area contributed by atoms with E-state index in [0.29, 0.717) is 30.8 Å². The van der Waals surface area contributed by atoms with Gasteiger partial charge in [0.1, 0.15) is 0 Å². The van der Waals surface area contributed by atoms with Crippen molar-refractivity contribution >= 4 is 5.91 Å². The van der Waals surface area contributed by atoms with E-state index in [4.69, 9.17) is 5.73 Å². The molecule has 0 aromatic heterocycles. The molecule has 0 aromatic carbocycles. The number of hydrogen-bond acceptors (Lipinski definition) is 2. The maximum Gasteiger partial charge on any atom is 0.220 e. The predicted octanol–water partition coefficient (Wildman–Crippen LogP) is 2.08. The van der Waals surface area contributed by atoms with Crippen LogP contribution >= 0.6 is 0 Å². The molecule has 0 radical (unpaired) electrons. The van der Waals surface area contributed by atoms with Crippen LogP contribution in [0.1, 0.15) is 40.5 Å². The van der Waals surface area contributed by atoms with Crippen LogP contribution in [0.3, 0.4) is 0 Å². The first-order valence-electron chi connectivity index (χ1n) is 5.97. The van der Waals surface area contributed by atoms with Crippen LogP contribution in [-0.2, 0) is 4.79 Å². The quantitative estimate of drug-likeness (QED) is 0.681. The fourth-order valence-electron chi connectivity index (χ4n) is 1.86. The van der Waals surface area contributed by atoms with Gasteiger partial charge in [0.25, 0.3) is 0 Å². The maximum atomic E-state index is 11.5. The first-order valence-corrected chi connectivity index (χ1v) is 5.97. The van der Waals surface area contributed by atoms with Crippen molar-refractivity contribution in [3.8, 4) is 0 Å². The van der Waals surface area contributed by atoms with Crippen molar-refractivity contribution in [1.29, 1.82) is 0 Å². The minimum atomic E-state index is 0.124. The molecule has 16 heavy (non-hydrogen) atoms. The molecule has 1 amide bonds. The zero-order chi connectivity index (χ0) is 12.6. The number of carbonyl (C=O) groups excluding carboxylic acids is 1. The van der Waals surface area contributed by atoms with Crippen LogP contribution < -0.4 is 11.1 Å². The summed E-state index contributed by atoms with van der Waals surface area (Å²) in [5, 5.41) is 2.85. The third-order valence-electron chi connectivity index (χ3n) is 2.21. The number of carbonyl (C=O) groups is 1. The Morgan fingerprint density at radius 3 is 2.50 bits per heavy atom. The first kappa shape index (κ1) is 15.2. The Kier molecular flexibility index (Phi) is 7.06. The summed E-state index contributed by atoms with van der Waals surface area (Å²) in [6, 6.07) is 0. The van der Waals surface area contributed by atoms with Crippen molar-refractivity contribution in [3.63, 3.8) is 0 Å². The minimum Gasteiger partial charge on any atom is -0.353 e. The maximum absolute atomic E-state index is 11.5. The van der Waals surface area contributed by atoms with Gasteiger partial charge in [0, 0.05) is 19.5 Å². The van der Waals surface area contributed by atoms with Gasteiger partial charge < -0.3 is 11.1 Å². The Labute approximate surface area is 99.5 Å². The lowest BCUT2D eigenvalue weighted by molar-refractivity contribution is -0.121. The molecule has 0 aromatic rings. The second kappa shape index (κ2) is 7.44. The number of nitrogens with one attached hydrogen (secondary N) is 1. The Morgan fingerprint density at radius 2 is 2.00 bits per heavy atom. The van der Waals surface area contributed by atoms with Crippen LogP contribution in [0.25, 0.3) is 0 Å². The van der Waals surface area contributed by atoms with E-state index < -0.39 is 0 Å². The molecule has 0 saturated heterocycles. The normalized spacial score (nSPS) is 14.1. The van der Waals surface area contributed by atoms with E-state index in [1.165, 1.54) is 0 Å². The van der Waals surface area contributed by atoms with Crippen molar-refractivity contribution < 1.29 is 4.79 Å². The van der Waals surface area contributed by atoms with Crippen molar-refractivity contribution in [2.75, 3.05) is 13.1 Å². The number of nitrogens with two attached hydrogens (primary N) is 1. The zero-order valence-electron chi connectivity index (χ0n) is 11.0. The molecule has 3 N–H and O–H groups in total. The summed E-state index contributed by atoms with van der Waals surface area (Å²) in [6.45, 7) is 9.83. The Balaban J connectivity index is 3.74. The fraction of sp³-hybridized carbons (Fsp3) is 0.769. The molecule has 0 aliphatic rings. The highest BCUT2D eigenvalue weighted by atomic mass is 16.1. The minimum absolute atomic E-state index is 0.124. The predicted molar refractivity (Wildman–Crippen MR) is 69.1 cm³/mol. The van der Waals surface area contributed by atoms with Gasteiger partial charge in [-0.05, 0) is 17.8 Å². The van der Waals surface area contributed by atoms with E-state index in [0.717, 1.165) is 6.42 Å². The van der Waals surface area contributed by atoms with Crippen LogP contribution in [0.5, 0.6) is 0 Å². The van der Waals surface area contributed by atoms with E-state index in [1.807, 2.05) is 12.2 Å². The summed E-state index contributed by atoms with van der Waals surface area (Å²) < 4.78 is 0. The molecule has 0 fully saturated rings. The summed E-state index contributed by atoms with van der Waals surface area (Å²) in [7, 11) is 0. The lowest BCUT2D eigenvalue weighted by Crippen LogP contribution is -2.26. The van der Waals surface area contributed by atoms with Gasteiger partial charge in [-0.2, -0.15) is 0 Å². The molecular weight excluding hydrogens is 200 g/mol. The Bertz CT molecular complexity index is 229. The summed E-state index contributed by atoms with van der Waals surface area (Å²) in [6.07, 6.45) is 5.40. The van der Waals surface area contributed by atoms with Crippen LogP contribution in [0.2, 0.25) is 0 Å². The molecule has 0 saturated carbocycles. The molecule has 0 rings (SSSR count). The topological polar surface area (TPSA) is 55.1 Å². The van der Waals surface area contributed by atoms with Gasteiger partial charge in [-0.15, -0.1) is 0 Å². The molecular formula is C13H26N2O. The van der Waals surface area contributed by atoms with E-state index in [1.54, 1.807) is 0 Å². The zero-order valence-corrected chi connectivity index (χ0v) is 11.0. The fourth-order valence-corrected chi connectivity index (χ4v) is 1.86. The standard InChI is InChI=1S/C13H26N2O/c1-11(10-13(2,3)4)9-12(16)15-8-6-5-7-14/h5-6,11H,7-10,14H2,1-4H3,(H,15,16)/b6-5+. The van der Waals surface area contributed by atoms with Gasteiger partial charge in [-0.25, -0.2) is 0 Å². The summed E-state index contributed by atoms with van der Waals surface area (Å²) >= 11 is 0. The lowest BCUT2D eigenvalue weighted by atomic mass is 9.84. The lowest BCUT2D eigenvalue weighted by Gasteiger charge is -2.22. The summed E-state index contributed by atoms with van der Waals surface area (Å²) in [5.74, 6) is 0.553. The molecule has 1 atom stereocenters. The van der Waals surface area contributed by atoms with Crippen molar-refractivity contribution in [2.24, 2.45) is 17.1 Å². The highest BCUT2D eigenvalue weighted by molar-refractivity contribution is 5.76. The average Bonchev–Trinajstić information content (AvgIpc) is 2.09. The van der Waals surface area contributed by atoms with Gasteiger partial charge in [-0.3, -0.25) is 4.79 Å². The van der Waals surface area contributed by atoms with Crippen molar-refractivity contribution in [1.82, 2.24) is 5.32 Å². The molecule has 0 bridgehead atoms. The Hall–Kier alpha value is -0.830. The summed E-state index contributed by atoms with van der Waals surface area (Å²) in [4.78, 5) is 11.5. The second-order valence-corrected chi connectivity index (χ2v) is 5.59. The van der Waals surface area contributed by atoms with Crippen LogP contribution in [0, 0.1) is 11.3 Å². The number of hydrogen-bond donors (Lipinski definition) is 2. The molecule has 94 valence electrons. The SMILES string of the molecule is CC(CC(=O)NC/C=C/CN)CC(C)(C)C. The first-order chi connectivity index (χ1) is 7.35. The molecule has 3 nitrogen and oxygen atoms in total. The monoisotopic (exact) mass is 226 g/mol. The van der Waals surface area contributed by atoms with Crippen LogP contribution in [0.15, 0.2) is 12.2 Å². The van der Waals surface area contributed by atoms with E-state index in [2.05, 4.69) is 33.0 Å². The van der Waals surface area contributed by atoms with Crippen LogP contribution in [0.4, 0.5) is 0 Å². The van der Waals surface area contributed by atoms with Gasteiger partial charge in [0.15, 0.2) is 0 Å². The highest BCUT2D eigenvalue weighted by Crippen LogP contribution is 2.25. The van der Waals surface area contributed by atoms with Crippen molar-refractivity contribution in [2.45, 2.75) is 40.5 Å². The second-order valence-electron chi connectivity index (χ2n) is 5.59. The van der Waals surface area contributed by atoms with E-state index in [-0.39, 0.29) is 5.91 Å². The molecule has 0 aliphatic heterocycles. The van der Waals surface area contributed by atoms with Gasteiger partial charge in [0.05, 0.1) is 0 Å². The average molecular weight is 226 g/mol. The Morgan fingerprint density at radius 1 is 1.38 bits per heavy atom. The molecule has 3 heteroatoms. The molecule has 0 aliphatic carbocycles. The molecule has 1 unspecified atom stereocenters. The van der Waals surface area contributed by atoms with Gasteiger partial charge in [-0.1, -0.05) is 39.8 Å². The smallest absolute Gasteiger partial charge is 0.220 e. The third-order valence-corrected chi connectivity index (χ3v) is 2.21. The van der Waals surface area contributed by atoms with Gasteiger partial charge in [0.2, 0.25) is 5.91 Å². The van der Waals surface area contributed by atoms with Crippen LogP contribution in [-0.4, -0.2) is 19.0 Å². The highest BCUT2D eigenvalue weighted by Gasteiger charge is 2.17. The molecule has 0 spiro atoms. The van der Waals surface area contributed by atoms with E-state index >= 15 is 0 Å². The summed E-state index contributed by atoms with van der Waals surface area (Å²) in [5.41, 5.74) is 5.59. The van der Waals surface area contributed by atoms with E-state index in [9.17, 15) is 4.79 Å². The molecule has 0 heterocycles.